The molecule has 0 aliphatic rings. The Kier molecular flexibility index (Phi) is 3.63. The molecule has 1 aromatic rings. The largest absolute Gasteiger partial charge is 0.192 e. The molecule has 2 heteroatoms. The van der Waals surface area contributed by atoms with Crippen molar-refractivity contribution >= 4 is 11.8 Å². The molecule has 0 aliphatic carbocycles. The monoisotopic (exact) mass is 201 g/mol. The lowest BCUT2D eigenvalue weighted by Gasteiger charge is -2.05. The first-order valence-electron chi connectivity index (χ1n) is 4.37. The van der Waals surface area contributed by atoms with Crippen LogP contribution in [0, 0.1) is 30.6 Å². The molecule has 0 saturated heterocycles. The van der Waals surface area contributed by atoms with Gasteiger partial charge in [-0.15, -0.1) is 18.2 Å². The molecule has 0 saturated carbocycles. The van der Waals surface area contributed by atoms with Gasteiger partial charge < -0.3 is 0 Å². The van der Waals surface area contributed by atoms with Crippen molar-refractivity contribution in [2.75, 3.05) is 5.75 Å². The standard InChI is InChI=1S/C12H11NS/c1-4-10-6-12(14-5-2)7-11(8-13)9(10)3/h1,6-7H,5H2,2-3H3. The Bertz CT molecular complexity index is 386. The number of hydrogen-bond acceptors (Lipinski definition) is 2. The third-order valence-corrected chi connectivity index (χ3v) is 2.83. The van der Waals surface area contributed by atoms with Gasteiger partial charge in [-0.1, -0.05) is 12.8 Å². The molecule has 70 valence electrons. The lowest BCUT2D eigenvalue weighted by atomic mass is 10.0. The highest BCUT2D eigenvalue weighted by Crippen LogP contribution is 2.23. The van der Waals surface area contributed by atoms with E-state index in [0.717, 1.165) is 21.8 Å². The van der Waals surface area contributed by atoms with Crippen molar-refractivity contribution in [3.63, 3.8) is 0 Å². The molecule has 1 aromatic carbocycles. The summed E-state index contributed by atoms with van der Waals surface area (Å²) in [6, 6.07) is 6.02. The summed E-state index contributed by atoms with van der Waals surface area (Å²) < 4.78 is 0. The second kappa shape index (κ2) is 4.74. The number of rotatable bonds is 2. The molecule has 1 rings (SSSR count). The zero-order valence-corrected chi connectivity index (χ0v) is 9.11. The van der Waals surface area contributed by atoms with Gasteiger partial charge in [-0.05, 0) is 30.4 Å². The maximum Gasteiger partial charge on any atom is 0.0995 e. The van der Waals surface area contributed by atoms with Gasteiger partial charge in [-0.25, -0.2) is 0 Å². The summed E-state index contributed by atoms with van der Waals surface area (Å²) >= 11 is 1.70. The smallest absolute Gasteiger partial charge is 0.0995 e. The number of benzene rings is 1. The van der Waals surface area contributed by atoms with Crippen LogP contribution in [0.4, 0.5) is 0 Å². The number of hydrogen-bond donors (Lipinski definition) is 0. The Morgan fingerprint density at radius 3 is 2.57 bits per heavy atom. The van der Waals surface area contributed by atoms with Crippen LogP contribution in [0.5, 0.6) is 0 Å². The Morgan fingerprint density at radius 1 is 1.43 bits per heavy atom. The fraction of sp³-hybridized carbons (Fsp3) is 0.250. The summed E-state index contributed by atoms with van der Waals surface area (Å²) in [4.78, 5) is 1.07. The molecule has 0 unspecified atom stereocenters. The number of terminal acetylenes is 1. The van der Waals surface area contributed by atoms with Gasteiger partial charge in [0.05, 0.1) is 11.6 Å². The molecule has 0 N–H and O–H groups in total. The maximum absolute atomic E-state index is 8.90. The van der Waals surface area contributed by atoms with Crippen molar-refractivity contribution in [3.8, 4) is 18.4 Å². The van der Waals surface area contributed by atoms with E-state index in [1.54, 1.807) is 11.8 Å². The summed E-state index contributed by atoms with van der Waals surface area (Å²) in [6.45, 7) is 3.96. The van der Waals surface area contributed by atoms with E-state index in [0.29, 0.717) is 5.56 Å². The molecule has 0 fully saturated rings. The van der Waals surface area contributed by atoms with E-state index in [-0.39, 0.29) is 0 Å². The van der Waals surface area contributed by atoms with Crippen LogP contribution in [0.2, 0.25) is 0 Å². The Morgan fingerprint density at radius 2 is 2.07 bits per heavy atom. The third kappa shape index (κ3) is 2.10. The first-order valence-corrected chi connectivity index (χ1v) is 5.35. The molecule has 1 nitrogen and oxygen atoms in total. The van der Waals surface area contributed by atoms with E-state index >= 15 is 0 Å². The van der Waals surface area contributed by atoms with Gasteiger partial charge >= 0.3 is 0 Å². The maximum atomic E-state index is 8.90. The highest BCUT2D eigenvalue weighted by molar-refractivity contribution is 7.99. The molecule has 14 heavy (non-hydrogen) atoms. The van der Waals surface area contributed by atoms with Crippen LogP contribution >= 0.6 is 11.8 Å². The van der Waals surface area contributed by atoms with E-state index in [1.807, 2.05) is 19.1 Å². The first-order chi connectivity index (χ1) is 6.72. The van der Waals surface area contributed by atoms with Crippen molar-refractivity contribution < 1.29 is 0 Å². The molecule has 0 atom stereocenters. The summed E-state index contributed by atoms with van der Waals surface area (Å²) in [7, 11) is 0. The van der Waals surface area contributed by atoms with Gasteiger partial charge in [0.15, 0.2) is 0 Å². The van der Waals surface area contributed by atoms with Crippen molar-refractivity contribution in [2.45, 2.75) is 18.7 Å². The average molecular weight is 201 g/mol. The molecule has 0 bridgehead atoms. The summed E-state index contributed by atoms with van der Waals surface area (Å²) in [5, 5.41) is 8.90. The molecular formula is C12H11NS. The second-order valence-corrected chi connectivity index (χ2v) is 4.17. The van der Waals surface area contributed by atoms with Crippen LogP contribution in [-0.2, 0) is 0 Å². The molecule has 0 aromatic heterocycles. The van der Waals surface area contributed by atoms with Crippen LogP contribution in [0.25, 0.3) is 0 Å². The lowest BCUT2D eigenvalue weighted by Crippen LogP contribution is -1.89. The molecule has 0 amide bonds. The van der Waals surface area contributed by atoms with Crippen LogP contribution < -0.4 is 0 Å². The molecule has 0 spiro atoms. The molecule has 0 heterocycles. The lowest BCUT2D eigenvalue weighted by molar-refractivity contribution is 1.30. The molecule has 0 aliphatic heterocycles. The average Bonchev–Trinajstić information content (AvgIpc) is 2.20. The predicted octanol–water partition coefficient (Wildman–Crippen LogP) is 2.96. The Labute approximate surface area is 89.1 Å². The van der Waals surface area contributed by atoms with E-state index in [2.05, 4.69) is 18.9 Å². The Hall–Kier alpha value is -1.38. The van der Waals surface area contributed by atoms with Gasteiger partial charge in [-0.3, -0.25) is 0 Å². The highest BCUT2D eigenvalue weighted by atomic mass is 32.2. The van der Waals surface area contributed by atoms with E-state index in [9.17, 15) is 0 Å². The van der Waals surface area contributed by atoms with Gasteiger partial charge in [0, 0.05) is 10.5 Å². The van der Waals surface area contributed by atoms with Crippen molar-refractivity contribution in [2.24, 2.45) is 0 Å². The van der Waals surface area contributed by atoms with Crippen LogP contribution in [0.1, 0.15) is 23.6 Å². The predicted molar refractivity (Wildman–Crippen MR) is 60.2 cm³/mol. The molecular weight excluding hydrogens is 190 g/mol. The quantitative estimate of drug-likeness (QED) is 0.542. The fourth-order valence-electron chi connectivity index (χ4n) is 1.20. The summed E-state index contributed by atoms with van der Waals surface area (Å²) in [5.41, 5.74) is 2.40. The van der Waals surface area contributed by atoms with Crippen molar-refractivity contribution in [1.29, 1.82) is 5.26 Å². The van der Waals surface area contributed by atoms with Gasteiger partial charge in [0.2, 0.25) is 0 Å². The first kappa shape index (κ1) is 10.7. The second-order valence-electron chi connectivity index (χ2n) is 2.83. The van der Waals surface area contributed by atoms with Crippen molar-refractivity contribution in [1.82, 2.24) is 0 Å². The van der Waals surface area contributed by atoms with Crippen LogP contribution in [-0.4, -0.2) is 5.75 Å². The Balaban J connectivity index is 3.28. The van der Waals surface area contributed by atoms with Crippen LogP contribution in [0.3, 0.4) is 0 Å². The minimum absolute atomic E-state index is 0.677. The fourth-order valence-corrected chi connectivity index (χ4v) is 1.94. The normalized spacial score (nSPS) is 9.14. The third-order valence-electron chi connectivity index (χ3n) is 1.97. The number of nitriles is 1. The van der Waals surface area contributed by atoms with E-state index in [4.69, 9.17) is 11.7 Å². The number of thioether (sulfide) groups is 1. The summed E-state index contributed by atoms with van der Waals surface area (Å²) in [6.07, 6.45) is 5.37. The topological polar surface area (TPSA) is 23.8 Å². The van der Waals surface area contributed by atoms with Gasteiger partial charge in [-0.2, -0.15) is 5.26 Å². The minimum atomic E-state index is 0.677. The van der Waals surface area contributed by atoms with Gasteiger partial charge in [0.25, 0.3) is 0 Å². The zero-order chi connectivity index (χ0) is 10.6. The minimum Gasteiger partial charge on any atom is -0.192 e. The van der Waals surface area contributed by atoms with Gasteiger partial charge in [0.1, 0.15) is 0 Å². The zero-order valence-electron chi connectivity index (χ0n) is 8.29. The van der Waals surface area contributed by atoms with Crippen molar-refractivity contribution in [3.05, 3.63) is 28.8 Å². The SMILES string of the molecule is C#Cc1cc(SCC)cc(C#N)c1C. The van der Waals surface area contributed by atoms with E-state index in [1.165, 1.54) is 0 Å². The van der Waals surface area contributed by atoms with Crippen LogP contribution in [0.15, 0.2) is 17.0 Å². The summed E-state index contributed by atoms with van der Waals surface area (Å²) in [5.74, 6) is 3.59. The molecule has 0 radical (unpaired) electrons. The van der Waals surface area contributed by atoms with E-state index < -0.39 is 0 Å². The number of nitrogens with zero attached hydrogens (tertiary/aromatic N) is 1. The highest BCUT2D eigenvalue weighted by Gasteiger charge is 2.04.